The lowest BCUT2D eigenvalue weighted by Crippen LogP contribution is -2.28. The Bertz CT molecular complexity index is 926. The van der Waals surface area contributed by atoms with Crippen LogP contribution < -0.4 is 11.4 Å². The first kappa shape index (κ1) is 13.0. The number of nitrogens with zero attached hydrogens (tertiary/aromatic N) is 2. The number of Topliss-reactive ketones (excluding diaryl/α,β-unsaturated/α-hetero) is 1. The molecule has 0 aliphatic rings. The van der Waals surface area contributed by atoms with Crippen LogP contribution >= 0.6 is 0 Å². The minimum absolute atomic E-state index is 0.201. The van der Waals surface area contributed by atoms with Crippen LogP contribution in [0.25, 0.3) is 10.9 Å². The summed E-state index contributed by atoms with van der Waals surface area (Å²) in [6, 6.07) is 9.64. The van der Waals surface area contributed by atoms with E-state index in [0.29, 0.717) is 11.1 Å². The standard InChI is InChI=1S/C15H10N2O4/c18-13(10-5-7-16-8-6-10)9-17-12-4-2-1-3-11(12)14(19)21-15(17)20/h1-8H,9H2. The fourth-order valence-corrected chi connectivity index (χ4v) is 2.09. The highest BCUT2D eigenvalue weighted by atomic mass is 16.4. The summed E-state index contributed by atoms with van der Waals surface area (Å²) in [5, 5.41) is 0.264. The minimum atomic E-state index is -0.846. The Labute approximate surface area is 118 Å². The van der Waals surface area contributed by atoms with Crippen molar-refractivity contribution in [3.8, 4) is 0 Å². The van der Waals surface area contributed by atoms with Gasteiger partial charge in [-0.25, -0.2) is 9.59 Å². The molecule has 0 radical (unpaired) electrons. The summed E-state index contributed by atoms with van der Waals surface area (Å²) < 4.78 is 5.80. The molecule has 0 amide bonds. The van der Waals surface area contributed by atoms with Gasteiger partial charge in [-0.3, -0.25) is 14.3 Å². The van der Waals surface area contributed by atoms with E-state index in [1.54, 1.807) is 36.4 Å². The van der Waals surface area contributed by atoms with Crippen molar-refractivity contribution in [2.45, 2.75) is 6.54 Å². The van der Waals surface area contributed by atoms with Gasteiger partial charge in [-0.2, -0.15) is 0 Å². The van der Waals surface area contributed by atoms with Crippen molar-refractivity contribution >= 4 is 16.7 Å². The Morgan fingerprint density at radius 3 is 2.57 bits per heavy atom. The lowest BCUT2D eigenvalue weighted by atomic mass is 10.1. The van der Waals surface area contributed by atoms with E-state index in [0.717, 1.165) is 4.57 Å². The number of carbonyl (C=O) groups is 1. The van der Waals surface area contributed by atoms with Gasteiger partial charge in [-0.15, -0.1) is 0 Å². The first-order chi connectivity index (χ1) is 10.2. The molecule has 6 nitrogen and oxygen atoms in total. The van der Waals surface area contributed by atoms with Gasteiger partial charge in [-0.1, -0.05) is 12.1 Å². The summed E-state index contributed by atoms with van der Waals surface area (Å²) in [6.45, 7) is -0.201. The third-order valence-electron chi connectivity index (χ3n) is 3.12. The molecule has 0 N–H and O–H groups in total. The predicted molar refractivity (Wildman–Crippen MR) is 75.3 cm³/mol. The Morgan fingerprint density at radius 2 is 1.81 bits per heavy atom. The highest BCUT2D eigenvalue weighted by Gasteiger charge is 2.13. The van der Waals surface area contributed by atoms with Gasteiger partial charge in [-0.05, 0) is 24.3 Å². The van der Waals surface area contributed by atoms with Gasteiger partial charge in [0.1, 0.15) is 0 Å². The lowest BCUT2D eigenvalue weighted by molar-refractivity contribution is 0.0968. The summed E-state index contributed by atoms with van der Waals surface area (Å²) in [5.74, 6) is -1.11. The number of carbonyl (C=O) groups excluding carboxylic acids is 1. The summed E-state index contributed by atoms with van der Waals surface area (Å²) in [5.41, 5.74) is 0.108. The molecule has 0 spiro atoms. The summed E-state index contributed by atoms with van der Waals surface area (Å²) in [7, 11) is 0. The first-order valence-electron chi connectivity index (χ1n) is 6.23. The first-order valence-corrected chi connectivity index (χ1v) is 6.23. The fraction of sp³-hybridized carbons (Fsp3) is 0.0667. The average Bonchev–Trinajstić information content (AvgIpc) is 2.52. The minimum Gasteiger partial charge on any atom is -0.372 e. The van der Waals surface area contributed by atoms with Crippen LogP contribution in [0.1, 0.15) is 10.4 Å². The smallest absolute Gasteiger partial charge is 0.372 e. The average molecular weight is 282 g/mol. The summed E-state index contributed by atoms with van der Waals surface area (Å²) in [6.07, 6.45) is 3.00. The highest BCUT2D eigenvalue weighted by molar-refractivity contribution is 5.96. The van der Waals surface area contributed by atoms with E-state index in [9.17, 15) is 14.4 Å². The second-order valence-electron chi connectivity index (χ2n) is 4.42. The largest absolute Gasteiger partial charge is 0.422 e. The van der Waals surface area contributed by atoms with Gasteiger partial charge < -0.3 is 4.42 Å². The molecule has 1 aromatic carbocycles. The number of fused-ring (bicyclic) bond motifs is 1. The normalized spacial score (nSPS) is 10.7. The molecule has 3 aromatic rings. The van der Waals surface area contributed by atoms with Crippen LogP contribution in [0.4, 0.5) is 0 Å². The number of pyridine rings is 1. The zero-order chi connectivity index (χ0) is 14.8. The topological polar surface area (TPSA) is 82.2 Å². The maximum absolute atomic E-state index is 12.2. The van der Waals surface area contributed by atoms with Crippen LogP contribution in [0.2, 0.25) is 0 Å². The lowest BCUT2D eigenvalue weighted by Gasteiger charge is -2.07. The van der Waals surface area contributed by atoms with Crippen molar-refractivity contribution in [1.82, 2.24) is 9.55 Å². The molecule has 0 saturated heterocycles. The van der Waals surface area contributed by atoms with Gasteiger partial charge >= 0.3 is 11.4 Å². The molecule has 0 bridgehead atoms. The van der Waals surface area contributed by atoms with Crippen molar-refractivity contribution in [3.05, 3.63) is 75.3 Å². The molecule has 0 saturated carbocycles. The van der Waals surface area contributed by atoms with Crippen molar-refractivity contribution in [2.24, 2.45) is 0 Å². The number of benzene rings is 1. The van der Waals surface area contributed by atoms with E-state index >= 15 is 0 Å². The van der Waals surface area contributed by atoms with Gasteiger partial charge in [0, 0.05) is 18.0 Å². The van der Waals surface area contributed by atoms with Crippen LogP contribution in [0.3, 0.4) is 0 Å². The molecule has 21 heavy (non-hydrogen) atoms. The van der Waals surface area contributed by atoms with E-state index in [1.165, 1.54) is 12.4 Å². The van der Waals surface area contributed by atoms with Crippen LogP contribution in [-0.2, 0) is 6.54 Å². The van der Waals surface area contributed by atoms with E-state index in [4.69, 9.17) is 0 Å². The number of para-hydroxylation sites is 1. The van der Waals surface area contributed by atoms with Gasteiger partial charge in [0.15, 0.2) is 5.78 Å². The Kier molecular flexibility index (Phi) is 3.19. The van der Waals surface area contributed by atoms with Gasteiger partial charge in [0.05, 0.1) is 17.4 Å². The molecule has 0 aliphatic heterocycles. The molecule has 104 valence electrons. The highest BCUT2D eigenvalue weighted by Crippen LogP contribution is 2.08. The Hall–Kier alpha value is -3.02. The van der Waals surface area contributed by atoms with E-state index in [-0.39, 0.29) is 17.7 Å². The van der Waals surface area contributed by atoms with Gasteiger partial charge in [0.25, 0.3) is 0 Å². The number of aromatic nitrogens is 2. The summed E-state index contributed by atoms with van der Waals surface area (Å²) in [4.78, 5) is 39.5. The third-order valence-corrected chi connectivity index (χ3v) is 3.12. The fourth-order valence-electron chi connectivity index (χ4n) is 2.09. The van der Waals surface area contributed by atoms with Gasteiger partial charge in [0.2, 0.25) is 0 Å². The second kappa shape index (κ2) is 5.16. The maximum Gasteiger partial charge on any atom is 0.422 e. The van der Waals surface area contributed by atoms with Crippen molar-refractivity contribution in [3.63, 3.8) is 0 Å². The quantitative estimate of drug-likeness (QED) is 0.675. The van der Waals surface area contributed by atoms with Crippen molar-refractivity contribution in [1.29, 1.82) is 0 Å². The molecular weight excluding hydrogens is 272 g/mol. The molecule has 0 fully saturated rings. The maximum atomic E-state index is 12.2. The predicted octanol–water partition coefficient (Wildman–Crippen LogP) is 1.23. The SMILES string of the molecule is O=C(Cn1c(=O)oc(=O)c2ccccc21)c1ccncc1. The van der Waals surface area contributed by atoms with Crippen LogP contribution in [-0.4, -0.2) is 15.3 Å². The van der Waals surface area contributed by atoms with Crippen LogP contribution in [0.15, 0.2) is 62.8 Å². The number of rotatable bonds is 3. The van der Waals surface area contributed by atoms with Crippen LogP contribution in [0.5, 0.6) is 0 Å². The summed E-state index contributed by atoms with van der Waals surface area (Å²) >= 11 is 0. The third kappa shape index (κ3) is 2.38. The van der Waals surface area contributed by atoms with E-state index < -0.39 is 11.4 Å². The van der Waals surface area contributed by atoms with Crippen molar-refractivity contribution in [2.75, 3.05) is 0 Å². The molecule has 2 aromatic heterocycles. The van der Waals surface area contributed by atoms with E-state index in [1.807, 2.05) is 0 Å². The Balaban J connectivity index is 2.12. The second-order valence-corrected chi connectivity index (χ2v) is 4.42. The molecule has 2 heterocycles. The zero-order valence-corrected chi connectivity index (χ0v) is 10.9. The number of ketones is 1. The van der Waals surface area contributed by atoms with Crippen molar-refractivity contribution < 1.29 is 9.21 Å². The monoisotopic (exact) mass is 282 g/mol. The molecule has 0 aliphatic carbocycles. The van der Waals surface area contributed by atoms with E-state index in [2.05, 4.69) is 9.40 Å². The number of hydrogen-bond donors (Lipinski definition) is 0. The van der Waals surface area contributed by atoms with Crippen LogP contribution in [0, 0.1) is 0 Å². The zero-order valence-electron chi connectivity index (χ0n) is 10.9. The number of hydrogen-bond acceptors (Lipinski definition) is 5. The Morgan fingerprint density at radius 1 is 1.10 bits per heavy atom. The molecule has 0 unspecified atom stereocenters. The molecule has 3 rings (SSSR count). The molecular formula is C15H10N2O4. The molecule has 0 atom stereocenters. The molecule has 6 heteroatoms.